The molecule has 0 spiro atoms. The third-order valence-corrected chi connectivity index (χ3v) is 3.26. The van der Waals surface area contributed by atoms with Gasteiger partial charge in [-0.3, -0.25) is 9.59 Å². The molecule has 1 N–H and O–H groups in total. The van der Waals surface area contributed by atoms with Crippen LogP contribution in [-0.4, -0.2) is 10.5 Å². The van der Waals surface area contributed by atoms with Gasteiger partial charge in [0.05, 0.1) is 0 Å². The van der Waals surface area contributed by atoms with Gasteiger partial charge in [-0.05, 0) is 46.9 Å². The van der Waals surface area contributed by atoms with Crippen molar-refractivity contribution in [1.82, 2.24) is 4.57 Å². The van der Waals surface area contributed by atoms with E-state index in [1.165, 1.54) is 10.6 Å². The fraction of sp³-hybridized carbons (Fsp3) is 0.143. The Labute approximate surface area is 124 Å². The van der Waals surface area contributed by atoms with Gasteiger partial charge in [-0.2, -0.15) is 0 Å². The molecule has 0 aliphatic carbocycles. The van der Waals surface area contributed by atoms with Crippen molar-refractivity contribution in [3.8, 4) is 0 Å². The van der Waals surface area contributed by atoms with Crippen molar-refractivity contribution < 1.29 is 4.79 Å². The van der Waals surface area contributed by atoms with Crippen LogP contribution in [0.2, 0.25) is 0 Å². The van der Waals surface area contributed by atoms with E-state index in [4.69, 9.17) is 0 Å². The highest BCUT2D eigenvalue weighted by Gasteiger charge is 2.03. The van der Waals surface area contributed by atoms with Crippen molar-refractivity contribution in [3.05, 3.63) is 62.6 Å². The van der Waals surface area contributed by atoms with Crippen LogP contribution >= 0.6 is 22.6 Å². The van der Waals surface area contributed by atoms with Gasteiger partial charge in [0.25, 0.3) is 5.56 Å². The van der Waals surface area contributed by atoms with Crippen LogP contribution in [0.15, 0.2) is 53.5 Å². The molecule has 98 valence electrons. The number of aryl methyl sites for hydroxylation is 1. The van der Waals surface area contributed by atoms with Gasteiger partial charge in [0.1, 0.15) is 0 Å². The maximum absolute atomic E-state index is 11.8. The van der Waals surface area contributed by atoms with Gasteiger partial charge in [0.15, 0.2) is 0 Å². The summed E-state index contributed by atoms with van der Waals surface area (Å²) in [7, 11) is 0. The number of anilines is 1. The summed E-state index contributed by atoms with van der Waals surface area (Å²) in [5, 5.41) is 2.81. The lowest BCUT2D eigenvalue weighted by Crippen LogP contribution is -2.21. The van der Waals surface area contributed by atoms with Crippen LogP contribution < -0.4 is 10.9 Å². The SMILES string of the molecule is O=C(CCn1ccccc1=O)Nc1cccc(I)c1. The van der Waals surface area contributed by atoms with E-state index in [2.05, 4.69) is 27.9 Å². The highest BCUT2D eigenvalue weighted by molar-refractivity contribution is 14.1. The predicted octanol–water partition coefficient (Wildman–Crippen LogP) is 2.48. The lowest BCUT2D eigenvalue weighted by Gasteiger charge is -2.07. The number of carbonyl (C=O) groups excluding carboxylic acids is 1. The first-order chi connectivity index (χ1) is 9.15. The smallest absolute Gasteiger partial charge is 0.250 e. The molecule has 0 unspecified atom stereocenters. The van der Waals surface area contributed by atoms with Gasteiger partial charge in [0.2, 0.25) is 5.91 Å². The summed E-state index contributed by atoms with van der Waals surface area (Å²) >= 11 is 2.19. The van der Waals surface area contributed by atoms with Crippen molar-refractivity contribution >= 4 is 34.2 Å². The number of amides is 1. The summed E-state index contributed by atoms with van der Waals surface area (Å²) in [6.07, 6.45) is 1.95. The topological polar surface area (TPSA) is 51.1 Å². The minimum absolute atomic E-state index is 0.0930. The Morgan fingerprint density at radius 3 is 2.79 bits per heavy atom. The summed E-state index contributed by atoms with van der Waals surface area (Å²) in [4.78, 5) is 23.2. The number of nitrogens with one attached hydrogen (secondary N) is 1. The van der Waals surface area contributed by atoms with Crippen LogP contribution in [-0.2, 0) is 11.3 Å². The van der Waals surface area contributed by atoms with E-state index in [9.17, 15) is 9.59 Å². The Balaban J connectivity index is 1.92. The fourth-order valence-corrected chi connectivity index (χ4v) is 2.20. The van der Waals surface area contributed by atoms with Gasteiger partial charge in [0, 0.05) is 34.5 Å². The van der Waals surface area contributed by atoms with Gasteiger partial charge in [-0.15, -0.1) is 0 Å². The van der Waals surface area contributed by atoms with Gasteiger partial charge in [-0.25, -0.2) is 0 Å². The Kier molecular flexibility index (Phi) is 4.73. The standard InChI is InChI=1S/C14H13IN2O2/c15-11-4-3-5-12(10-11)16-13(18)7-9-17-8-2-1-6-14(17)19/h1-6,8,10H,7,9H2,(H,16,18). The number of hydrogen-bond acceptors (Lipinski definition) is 2. The Bertz CT molecular complexity index is 637. The Hall–Kier alpha value is -1.63. The lowest BCUT2D eigenvalue weighted by atomic mass is 10.3. The number of halogens is 1. The normalized spacial score (nSPS) is 10.2. The van der Waals surface area contributed by atoms with Crippen LogP contribution in [0.1, 0.15) is 6.42 Å². The highest BCUT2D eigenvalue weighted by Crippen LogP contribution is 2.12. The fourth-order valence-electron chi connectivity index (χ4n) is 1.66. The molecule has 1 aromatic carbocycles. The number of pyridine rings is 1. The minimum Gasteiger partial charge on any atom is -0.326 e. The average molecular weight is 368 g/mol. The zero-order valence-corrected chi connectivity index (χ0v) is 12.3. The molecular weight excluding hydrogens is 355 g/mol. The molecule has 2 aromatic rings. The molecule has 0 saturated heterocycles. The second-order valence-electron chi connectivity index (χ2n) is 4.04. The monoisotopic (exact) mass is 368 g/mol. The zero-order chi connectivity index (χ0) is 13.7. The molecule has 19 heavy (non-hydrogen) atoms. The van der Waals surface area contributed by atoms with Crippen molar-refractivity contribution in [1.29, 1.82) is 0 Å². The van der Waals surface area contributed by atoms with Crippen molar-refractivity contribution in [3.63, 3.8) is 0 Å². The first-order valence-corrected chi connectivity index (χ1v) is 6.94. The van der Waals surface area contributed by atoms with Gasteiger partial charge >= 0.3 is 0 Å². The molecule has 0 bridgehead atoms. The molecule has 1 amide bonds. The quantitative estimate of drug-likeness (QED) is 0.844. The molecule has 1 aromatic heterocycles. The summed E-state index contributed by atoms with van der Waals surface area (Å²) in [5.41, 5.74) is 0.682. The number of rotatable bonds is 4. The number of carbonyl (C=O) groups is 1. The van der Waals surface area contributed by atoms with Gasteiger partial charge < -0.3 is 9.88 Å². The third-order valence-electron chi connectivity index (χ3n) is 2.59. The number of aromatic nitrogens is 1. The summed E-state index contributed by atoms with van der Waals surface area (Å²) in [6.45, 7) is 0.384. The first-order valence-electron chi connectivity index (χ1n) is 5.86. The molecule has 1 heterocycles. The maximum Gasteiger partial charge on any atom is 0.250 e. The molecule has 5 heteroatoms. The van der Waals surface area contributed by atoms with Crippen LogP contribution in [0.5, 0.6) is 0 Å². The number of benzene rings is 1. The number of nitrogens with zero attached hydrogens (tertiary/aromatic N) is 1. The zero-order valence-electron chi connectivity index (χ0n) is 10.2. The molecule has 0 radical (unpaired) electrons. The predicted molar refractivity (Wildman–Crippen MR) is 83.1 cm³/mol. The summed E-state index contributed by atoms with van der Waals surface area (Å²) in [5.74, 6) is -0.0993. The van der Waals surface area contributed by atoms with E-state index in [0.717, 1.165) is 9.26 Å². The largest absolute Gasteiger partial charge is 0.326 e. The van der Waals surface area contributed by atoms with Crippen LogP contribution in [0.3, 0.4) is 0 Å². The lowest BCUT2D eigenvalue weighted by molar-refractivity contribution is -0.116. The van der Waals surface area contributed by atoms with Crippen LogP contribution in [0, 0.1) is 3.57 Å². The summed E-state index contributed by atoms with van der Waals surface area (Å²) < 4.78 is 2.59. The molecule has 2 rings (SSSR count). The Morgan fingerprint density at radius 1 is 1.21 bits per heavy atom. The van der Waals surface area contributed by atoms with E-state index in [0.29, 0.717) is 6.54 Å². The van der Waals surface area contributed by atoms with E-state index in [1.54, 1.807) is 18.3 Å². The molecule has 4 nitrogen and oxygen atoms in total. The van der Waals surface area contributed by atoms with Crippen molar-refractivity contribution in [2.75, 3.05) is 5.32 Å². The highest BCUT2D eigenvalue weighted by atomic mass is 127. The maximum atomic E-state index is 11.8. The van der Waals surface area contributed by atoms with E-state index in [1.807, 2.05) is 24.3 Å². The van der Waals surface area contributed by atoms with Gasteiger partial charge in [-0.1, -0.05) is 12.1 Å². The second-order valence-corrected chi connectivity index (χ2v) is 5.29. The van der Waals surface area contributed by atoms with Crippen molar-refractivity contribution in [2.24, 2.45) is 0 Å². The average Bonchev–Trinajstić information content (AvgIpc) is 2.38. The molecule has 0 aliphatic rings. The minimum atomic E-state index is -0.0993. The third kappa shape index (κ3) is 4.20. The van der Waals surface area contributed by atoms with E-state index in [-0.39, 0.29) is 17.9 Å². The van der Waals surface area contributed by atoms with E-state index < -0.39 is 0 Å². The first kappa shape index (κ1) is 13.8. The van der Waals surface area contributed by atoms with Crippen molar-refractivity contribution in [2.45, 2.75) is 13.0 Å². The van der Waals surface area contributed by atoms with Crippen LogP contribution in [0.4, 0.5) is 5.69 Å². The van der Waals surface area contributed by atoms with Crippen LogP contribution in [0.25, 0.3) is 0 Å². The molecular formula is C14H13IN2O2. The molecule has 0 fully saturated rings. The molecule has 0 aliphatic heterocycles. The number of hydrogen-bond donors (Lipinski definition) is 1. The Morgan fingerprint density at radius 2 is 2.05 bits per heavy atom. The van der Waals surface area contributed by atoms with E-state index >= 15 is 0 Å². The second kappa shape index (κ2) is 6.51. The molecule has 0 atom stereocenters. The molecule has 0 saturated carbocycles. The summed E-state index contributed by atoms with van der Waals surface area (Å²) in [6, 6.07) is 12.5.